The predicted octanol–water partition coefficient (Wildman–Crippen LogP) is 4.28. The van der Waals surface area contributed by atoms with Gasteiger partial charge in [0.05, 0.1) is 18.2 Å². The lowest BCUT2D eigenvalue weighted by Crippen LogP contribution is -2.45. The van der Waals surface area contributed by atoms with Gasteiger partial charge in [-0.15, -0.1) is 0 Å². The molecule has 2 aromatic carbocycles. The highest BCUT2D eigenvalue weighted by molar-refractivity contribution is 9.10. The molecule has 0 aliphatic carbocycles. The van der Waals surface area contributed by atoms with Gasteiger partial charge < -0.3 is 20.7 Å². The van der Waals surface area contributed by atoms with Gasteiger partial charge in [0.15, 0.2) is 5.11 Å². The standard InChI is InChI=1S/C20H20BrN3O2S/c1-3-26-14-10-8-13(9-11-14)23-19(25)17-12(2)22-20(27)24-18(17)15-6-4-5-7-16(15)21/h4-11,18H,3H2,1-2H3,(H,23,25)(H2,22,24,27)/t18-/m1/s1. The van der Waals surface area contributed by atoms with E-state index >= 15 is 0 Å². The Labute approximate surface area is 172 Å². The third-order valence-corrected chi connectivity index (χ3v) is 5.10. The van der Waals surface area contributed by atoms with Gasteiger partial charge >= 0.3 is 0 Å². The van der Waals surface area contributed by atoms with Crippen LogP contribution in [0, 0.1) is 0 Å². The molecule has 1 aliphatic rings. The number of carbonyl (C=O) groups excluding carboxylic acids is 1. The quantitative estimate of drug-likeness (QED) is 0.599. The van der Waals surface area contributed by atoms with Gasteiger partial charge in [-0.25, -0.2) is 0 Å². The summed E-state index contributed by atoms with van der Waals surface area (Å²) in [5, 5.41) is 9.69. The molecule has 0 fully saturated rings. The molecule has 1 heterocycles. The molecule has 0 spiro atoms. The Hall–Kier alpha value is -2.38. The predicted molar refractivity (Wildman–Crippen MR) is 115 cm³/mol. The average molecular weight is 446 g/mol. The van der Waals surface area contributed by atoms with E-state index in [1.165, 1.54) is 0 Å². The third-order valence-electron chi connectivity index (χ3n) is 4.15. The van der Waals surface area contributed by atoms with E-state index in [1.54, 1.807) is 0 Å². The summed E-state index contributed by atoms with van der Waals surface area (Å²) in [5.41, 5.74) is 2.95. The largest absolute Gasteiger partial charge is 0.494 e. The molecule has 0 saturated heterocycles. The van der Waals surface area contributed by atoms with Crippen LogP contribution in [0.1, 0.15) is 25.5 Å². The molecule has 0 bridgehead atoms. The minimum absolute atomic E-state index is 0.195. The molecular formula is C20H20BrN3O2S. The molecule has 140 valence electrons. The van der Waals surface area contributed by atoms with E-state index in [2.05, 4.69) is 31.9 Å². The van der Waals surface area contributed by atoms with Gasteiger partial charge in [0.1, 0.15) is 5.75 Å². The second-order valence-electron chi connectivity index (χ2n) is 6.00. The van der Waals surface area contributed by atoms with Gasteiger partial charge in [0.2, 0.25) is 0 Å². The number of carbonyl (C=O) groups is 1. The van der Waals surface area contributed by atoms with Crippen molar-refractivity contribution < 1.29 is 9.53 Å². The van der Waals surface area contributed by atoms with Gasteiger partial charge in [-0.05, 0) is 62.0 Å². The van der Waals surface area contributed by atoms with Crippen molar-refractivity contribution in [2.75, 3.05) is 11.9 Å². The zero-order valence-electron chi connectivity index (χ0n) is 15.0. The Bertz CT molecular complexity index is 896. The first-order chi connectivity index (χ1) is 13.0. The van der Waals surface area contributed by atoms with Gasteiger partial charge in [0, 0.05) is 15.9 Å². The van der Waals surface area contributed by atoms with Crippen molar-refractivity contribution in [2.24, 2.45) is 0 Å². The zero-order valence-corrected chi connectivity index (χ0v) is 17.4. The van der Waals surface area contributed by atoms with Crippen molar-refractivity contribution >= 4 is 44.9 Å². The number of benzene rings is 2. The highest BCUT2D eigenvalue weighted by Gasteiger charge is 2.30. The van der Waals surface area contributed by atoms with Crippen molar-refractivity contribution in [3.63, 3.8) is 0 Å². The molecule has 1 aliphatic heterocycles. The average Bonchev–Trinajstić information content (AvgIpc) is 2.63. The van der Waals surface area contributed by atoms with E-state index in [-0.39, 0.29) is 11.9 Å². The molecular weight excluding hydrogens is 426 g/mol. The first-order valence-corrected chi connectivity index (χ1v) is 9.76. The smallest absolute Gasteiger partial charge is 0.255 e. The molecule has 0 aromatic heterocycles. The molecule has 0 saturated carbocycles. The number of nitrogens with one attached hydrogen (secondary N) is 3. The van der Waals surface area contributed by atoms with Crippen molar-refractivity contribution in [2.45, 2.75) is 19.9 Å². The number of hydrogen-bond acceptors (Lipinski definition) is 3. The van der Waals surface area contributed by atoms with Gasteiger partial charge in [-0.2, -0.15) is 0 Å². The summed E-state index contributed by atoms with van der Waals surface area (Å²) in [7, 11) is 0. The number of halogens is 1. The second-order valence-corrected chi connectivity index (χ2v) is 7.27. The number of ether oxygens (including phenoxy) is 1. The Kier molecular flexibility index (Phi) is 6.13. The number of allylic oxidation sites excluding steroid dienone is 1. The number of thiocarbonyl (C=S) groups is 1. The summed E-state index contributed by atoms with van der Waals surface area (Å²) >= 11 is 8.86. The van der Waals surface area contributed by atoms with Crippen LogP contribution in [0.25, 0.3) is 0 Å². The third kappa shape index (κ3) is 4.48. The summed E-state index contributed by atoms with van der Waals surface area (Å²) in [4.78, 5) is 13.1. The fourth-order valence-corrected chi connectivity index (χ4v) is 3.72. The minimum atomic E-state index is -0.350. The first-order valence-electron chi connectivity index (χ1n) is 8.56. The Morgan fingerprint density at radius 3 is 2.59 bits per heavy atom. The lowest BCUT2D eigenvalue weighted by molar-refractivity contribution is -0.113. The minimum Gasteiger partial charge on any atom is -0.494 e. The molecule has 27 heavy (non-hydrogen) atoms. The fourth-order valence-electron chi connectivity index (χ4n) is 2.94. The molecule has 0 unspecified atom stereocenters. The van der Waals surface area contributed by atoms with Crippen LogP contribution in [-0.4, -0.2) is 17.6 Å². The van der Waals surface area contributed by atoms with E-state index in [0.717, 1.165) is 21.5 Å². The Morgan fingerprint density at radius 2 is 1.93 bits per heavy atom. The molecule has 2 aromatic rings. The van der Waals surface area contributed by atoms with E-state index in [4.69, 9.17) is 17.0 Å². The maximum absolute atomic E-state index is 13.1. The lowest BCUT2D eigenvalue weighted by Gasteiger charge is -2.31. The van der Waals surface area contributed by atoms with Crippen molar-refractivity contribution in [3.8, 4) is 5.75 Å². The van der Waals surface area contributed by atoms with Crippen molar-refractivity contribution in [1.29, 1.82) is 0 Å². The normalized spacial score (nSPS) is 16.4. The SMILES string of the molecule is CCOc1ccc(NC(=O)C2=C(C)NC(=S)N[C@@H]2c2ccccc2Br)cc1. The number of amides is 1. The Morgan fingerprint density at radius 1 is 1.22 bits per heavy atom. The molecule has 7 heteroatoms. The molecule has 3 N–H and O–H groups in total. The van der Waals surface area contributed by atoms with Gasteiger partial charge in [-0.3, -0.25) is 4.79 Å². The van der Waals surface area contributed by atoms with Crippen LogP contribution in [0.15, 0.2) is 64.3 Å². The highest BCUT2D eigenvalue weighted by atomic mass is 79.9. The monoisotopic (exact) mass is 445 g/mol. The van der Waals surface area contributed by atoms with Crippen LogP contribution in [-0.2, 0) is 4.79 Å². The fraction of sp³-hybridized carbons (Fsp3) is 0.200. The topological polar surface area (TPSA) is 62.4 Å². The number of rotatable bonds is 5. The van der Waals surface area contributed by atoms with Crippen LogP contribution in [0.2, 0.25) is 0 Å². The van der Waals surface area contributed by atoms with Crippen LogP contribution in [0.5, 0.6) is 5.75 Å². The lowest BCUT2D eigenvalue weighted by atomic mass is 9.95. The van der Waals surface area contributed by atoms with Crippen LogP contribution in [0.4, 0.5) is 5.69 Å². The van der Waals surface area contributed by atoms with Crippen molar-refractivity contribution in [1.82, 2.24) is 10.6 Å². The summed E-state index contributed by atoms with van der Waals surface area (Å²) in [6, 6.07) is 14.7. The van der Waals surface area contributed by atoms with Gasteiger partial charge in [-0.1, -0.05) is 34.1 Å². The van der Waals surface area contributed by atoms with E-state index in [9.17, 15) is 4.79 Å². The molecule has 1 amide bonds. The molecule has 1 atom stereocenters. The van der Waals surface area contributed by atoms with Crippen molar-refractivity contribution in [3.05, 3.63) is 69.8 Å². The van der Waals surface area contributed by atoms with E-state index in [1.807, 2.05) is 62.4 Å². The van der Waals surface area contributed by atoms with Gasteiger partial charge in [0.25, 0.3) is 5.91 Å². The van der Waals surface area contributed by atoms with Crippen LogP contribution < -0.4 is 20.7 Å². The number of hydrogen-bond donors (Lipinski definition) is 3. The molecule has 5 nitrogen and oxygen atoms in total. The van der Waals surface area contributed by atoms with E-state index < -0.39 is 0 Å². The molecule has 3 rings (SSSR count). The maximum atomic E-state index is 13.1. The van der Waals surface area contributed by atoms with E-state index in [0.29, 0.717) is 23.0 Å². The van der Waals surface area contributed by atoms with Crippen LogP contribution >= 0.6 is 28.1 Å². The molecule has 0 radical (unpaired) electrons. The first kappa shape index (κ1) is 19.4. The summed E-state index contributed by atoms with van der Waals surface area (Å²) in [6.45, 7) is 4.38. The zero-order chi connectivity index (χ0) is 19.4. The second kappa shape index (κ2) is 8.54. The van der Waals surface area contributed by atoms with Crippen LogP contribution in [0.3, 0.4) is 0 Å². The Balaban J connectivity index is 1.88. The summed E-state index contributed by atoms with van der Waals surface area (Å²) in [6.07, 6.45) is 0. The number of anilines is 1. The maximum Gasteiger partial charge on any atom is 0.255 e. The highest BCUT2D eigenvalue weighted by Crippen LogP contribution is 2.32. The summed E-state index contributed by atoms with van der Waals surface area (Å²) in [5.74, 6) is 0.572. The summed E-state index contributed by atoms with van der Waals surface area (Å²) < 4.78 is 6.35.